The summed E-state index contributed by atoms with van der Waals surface area (Å²) in [7, 11) is 0. The van der Waals surface area contributed by atoms with Gasteiger partial charge in [-0.15, -0.1) is 0 Å². The van der Waals surface area contributed by atoms with E-state index >= 15 is 0 Å². The second kappa shape index (κ2) is 6.05. The summed E-state index contributed by atoms with van der Waals surface area (Å²) in [6, 6.07) is 7.09. The summed E-state index contributed by atoms with van der Waals surface area (Å²) in [5.74, 6) is -0.243. The molecule has 0 radical (unpaired) electrons. The summed E-state index contributed by atoms with van der Waals surface area (Å²) in [6.45, 7) is 4.33. The normalized spacial score (nSPS) is 19.9. The van der Waals surface area contributed by atoms with E-state index in [0.717, 1.165) is 17.7 Å². The van der Waals surface area contributed by atoms with Gasteiger partial charge in [0.15, 0.2) is 0 Å². The zero-order valence-electron chi connectivity index (χ0n) is 11.9. The molecule has 2 atom stereocenters. The molecule has 5 heteroatoms. The second-order valence-corrected chi connectivity index (χ2v) is 5.20. The lowest BCUT2D eigenvalue weighted by Gasteiger charge is -2.32. The van der Waals surface area contributed by atoms with Crippen LogP contribution in [0.2, 0.25) is 0 Å². The highest BCUT2D eigenvalue weighted by Crippen LogP contribution is 2.26. The number of hydrogen-bond donors (Lipinski definition) is 2. The highest BCUT2D eigenvalue weighted by molar-refractivity contribution is 5.99. The molecule has 0 aliphatic carbocycles. The number of carbonyl (C=O) groups is 2. The van der Waals surface area contributed by atoms with Crippen molar-refractivity contribution in [3.63, 3.8) is 0 Å². The molecule has 1 aliphatic rings. The first-order valence-corrected chi connectivity index (χ1v) is 6.96. The fourth-order valence-electron chi connectivity index (χ4n) is 2.56. The highest BCUT2D eigenvalue weighted by atomic mass is 16.2. The van der Waals surface area contributed by atoms with Gasteiger partial charge < -0.3 is 16.0 Å². The van der Waals surface area contributed by atoms with Crippen molar-refractivity contribution < 1.29 is 9.59 Å². The summed E-state index contributed by atoms with van der Waals surface area (Å²) in [5.41, 5.74) is 7.21. The van der Waals surface area contributed by atoms with Crippen LogP contribution in [0.4, 0.5) is 5.69 Å². The number of nitrogens with one attached hydrogen (secondary N) is 1. The Hall–Kier alpha value is -1.88. The first-order valence-electron chi connectivity index (χ1n) is 6.96. The minimum absolute atomic E-state index is 0.0810. The monoisotopic (exact) mass is 275 g/mol. The lowest BCUT2D eigenvalue weighted by atomic mass is 9.96. The van der Waals surface area contributed by atoms with Crippen LogP contribution in [0.3, 0.4) is 0 Å². The average molecular weight is 275 g/mol. The van der Waals surface area contributed by atoms with Crippen LogP contribution in [0, 0.1) is 5.92 Å². The summed E-state index contributed by atoms with van der Waals surface area (Å²) < 4.78 is 0. The van der Waals surface area contributed by atoms with Crippen LogP contribution in [-0.4, -0.2) is 29.3 Å². The number of amides is 2. The quantitative estimate of drug-likeness (QED) is 0.874. The Kier molecular flexibility index (Phi) is 4.39. The van der Waals surface area contributed by atoms with Crippen LogP contribution < -0.4 is 11.1 Å². The maximum Gasteiger partial charge on any atom is 0.247 e. The van der Waals surface area contributed by atoms with Gasteiger partial charge in [-0.3, -0.25) is 9.59 Å². The maximum atomic E-state index is 12.5. The molecule has 5 nitrogen and oxygen atoms in total. The predicted octanol–water partition coefficient (Wildman–Crippen LogP) is 1.34. The first-order chi connectivity index (χ1) is 9.58. The standard InChI is InChI=1S/C15H21N3O2/c1-3-10(2)14-15(20)17-12-7-5-4-6-11(12)9-18(14)13(19)8-16/h4-7,10,14H,3,8-9,16H2,1-2H3,(H,17,20). The number of anilines is 1. The van der Waals surface area contributed by atoms with E-state index in [1.54, 1.807) is 4.90 Å². The topological polar surface area (TPSA) is 75.4 Å². The molecule has 2 unspecified atom stereocenters. The maximum absolute atomic E-state index is 12.5. The molecule has 1 aromatic rings. The van der Waals surface area contributed by atoms with Crippen LogP contribution >= 0.6 is 0 Å². The van der Waals surface area contributed by atoms with Crippen LogP contribution in [-0.2, 0) is 16.1 Å². The van der Waals surface area contributed by atoms with Crippen LogP contribution in [0.5, 0.6) is 0 Å². The lowest BCUT2D eigenvalue weighted by molar-refractivity contribution is -0.139. The van der Waals surface area contributed by atoms with Gasteiger partial charge in [0.25, 0.3) is 0 Å². The molecule has 20 heavy (non-hydrogen) atoms. The molecule has 0 aromatic heterocycles. The molecule has 1 heterocycles. The van der Waals surface area contributed by atoms with E-state index < -0.39 is 6.04 Å². The Labute approximate surface area is 119 Å². The lowest BCUT2D eigenvalue weighted by Crippen LogP contribution is -2.50. The van der Waals surface area contributed by atoms with E-state index in [-0.39, 0.29) is 24.3 Å². The third-order valence-electron chi connectivity index (χ3n) is 3.90. The number of rotatable bonds is 3. The third kappa shape index (κ3) is 2.67. The second-order valence-electron chi connectivity index (χ2n) is 5.20. The van der Waals surface area contributed by atoms with Crippen molar-refractivity contribution in [3.05, 3.63) is 29.8 Å². The van der Waals surface area contributed by atoms with Crippen molar-refractivity contribution in [1.82, 2.24) is 4.90 Å². The summed E-state index contributed by atoms with van der Waals surface area (Å²) in [4.78, 5) is 26.2. The molecule has 2 amide bonds. The Balaban J connectivity index is 2.42. The third-order valence-corrected chi connectivity index (χ3v) is 3.90. The molecule has 1 aliphatic heterocycles. The van der Waals surface area contributed by atoms with Crippen molar-refractivity contribution in [2.75, 3.05) is 11.9 Å². The van der Waals surface area contributed by atoms with Gasteiger partial charge in [0.1, 0.15) is 6.04 Å². The van der Waals surface area contributed by atoms with E-state index in [4.69, 9.17) is 5.73 Å². The number of nitrogens with two attached hydrogens (primary N) is 1. The van der Waals surface area contributed by atoms with Gasteiger partial charge in [0, 0.05) is 12.2 Å². The van der Waals surface area contributed by atoms with Crippen LogP contribution in [0.1, 0.15) is 25.8 Å². The number of fused-ring (bicyclic) bond motifs is 1. The van der Waals surface area contributed by atoms with Crippen molar-refractivity contribution >= 4 is 17.5 Å². The molecule has 0 bridgehead atoms. The molecule has 0 saturated carbocycles. The van der Waals surface area contributed by atoms with E-state index in [1.807, 2.05) is 38.1 Å². The molecule has 2 rings (SSSR count). The van der Waals surface area contributed by atoms with Crippen molar-refractivity contribution in [2.45, 2.75) is 32.9 Å². The Bertz CT molecular complexity index is 516. The van der Waals surface area contributed by atoms with Gasteiger partial charge in [0.2, 0.25) is 11.8 Å². The predicted molar refractivity (Wildman–Crippen MR) is 77.9 cm³/mol. The van der Waals surface area contributed by atoms with Gasteiger partial charge in [0.05, 0.1) is 6.54 Å². The first kappa shape index (κ1) is 14.5. The number of benzene rings is 1. The number of nitrogens with zero attached hydrogens (tertiary/aromatic N) is 1. The van der Waals surface area contributed by atoms with Gasteiger partial charge in [-0.05, 0) is 17.5 Å². The number of hydrogen-bond acceptors (Lipinski definition) is 3. The van der Waals surface area contributed by atoms with Crippen LogP contribution in [0.15, 0.2) is 24.3 Å². The van der Waals surface area contributed by atoms with Crippen molar-refractivity contribution in [2.24, 2.45) is 11.7 Å². The zero-order valence-corrected chi connectivity index (χ0v) is 11.9. The Morgan fingerprint density at radius 3 is 2.85 bits per heavy atom. The highest BCUT2D eigenvalue weighted by Gasteiger charge is 2.35. The fraction of sp³-hybridized carbons (Fsp3) is 0.467. The molecule has 0 saturated heterocycles. The smallest absolute Gasteiger partial charge is 0.247 e. The minimum atomic E-state index is -0.469. The molecule has 108 valence electrons. The molecule has 0 spiro atoms. The fourth-order valence-corrected chi connectivity index (χ4v) is 2.56. The van der Waals surface area contributed by atoms with E-state index in [0.29, 0.717) is 6.54 Å². The van der Waals surface area contributed by atoms with Gasteiger partial charge in [-0.2, -0.15) is 0 Å². The molecule has 3 N–H and O–H groups in total. The van der Waals surface area contributed by atoms with E-state index in [1.165, 1.54) is 0 Å². The molecule has 1 aromatic carbocycles. The van der Waals surface area contributed by atoms with Crippen molar-refractivity contribution in [3.8, 4) is 0 Å². The molecular formula is C15H21N3O2. The van der Waals surface area contributed by atoms with Crippen LogP contribution in [0.25, 0.3) is 0 Å². The largest absolute Gasteiger partial charge is 0.325 e. The minimum Gasteiger partial charge on any atom is -0.325 e. The Morgan fingerprint density at radius 2 is 2.20 bits per heavy atom. The van der Waals surface area contributed by atoms with E-state index in [9.17, 15) is 9.59 Å². The summed E-state index contributed by atoms with van der Waals surface area (Å²) in [5, 5.41) is 2.92. The van der Waals surface area contributed by atoms with E-state index in [2.05, 4.69) is 5.32 Å². The number of para-hydroxylation sites is 1. The number of carbonyl (C=O) groups excluding carboxylic acids is 2. The van der Waals surface area contributed by atoms with Crippen molar-refractivity contribution in [1.29, 1.82) is 0 Å². The molecular weight excluding hydrogens is 254 g/mol. The summed E-state index contributed by atoms with van der Waals surface area (Å²) in [6.07, 6.45) is 0.822. The van der Waals surface area contributed by atoms with Gasteiger partial charge in [-0.25, -0.2) is 0 Å². The Morgan fingerprint density at radius 1 is 1.50 bits per heavy atom. The van der Waals surface area contributed by atoms with Gasteiger partial charge in [-0.1, -0.05) is 38.5 Å². The SMILES string of the molecule is CCC(C)C1C(=O)Nc2ccccc2CN1C(=O)CN. The molecule has 0 fully saturated rings. The summed E-state index contributed by atoms with van der Waals surface area (Å²) >= 11 is 0. The van der Waals surface area contributed by atoms with Gasteiger partial charge >= 0.3 is 0 Å². The zero-order chi connectivity index (χ0) is 14.7. The average Bonchev–Trinajstić information content (AvgIpc) is 2.61.